The number of carbonyl (C=O) groups is 2. The average Bonchev–Trinajstić information content (AvgIpc) is 2.38. The number of hydrogen-bond donors (Lipinski definition) is 2. The summed E-state index contributed by atoms with van der Waals surface area (Å²) in [5, 5.41) is 12.0. The molecule has 0 radical (unpaired) electrons. The van der Waals surface area contributed by atoms with Crippen molar-refractivity contribution in [3.05, 3.63) is 22.5 Å². The maximum absolute atomic E-state index is 11.8. The van der Waals surface area contributed by atoms with Crippen LogP contribution in [0.1, 0.15) is 39.0 Å². The van der Waals surface area contributed by atoms with Crippen molar-refractivity contribution in [3.63, 3.8) is 0 Å². The van der Waals surface area contributed by atoms with Gasteiger partial charge < -0.3 is 15.0 Å². The summed E-state index contributed by atoms with van der Waals surface area (Å²) in [6.07, 6.45) is 0.574. The van der Waals surface area contributed by atoms with Gasteiger partial charge in [0, 0.05) is 18.8 Å². The Kier molecular flexibility index (Phi) is 2.26. The van der Waals surface area contributed by atoms with Crippen molar-refractivity contribution in [2.75, 3.05) is 0 Å². The molecule has 0 saturated carbocycles. The zero-order valence-electron chi connectivity index (χ0n) is 9.50. The third kappa shape index (κ3) is 1.31. The highest BCUT2D eigenvalue weighted by Crippen LogP contribution is 2.26. The number of carboxylic acids is 1. The molecule has 5 nitrogen and oxygen atoms in total. The summed E-state index contributed by atoms with van der Waals surface area (Å²) < 4.78 is 1.57. The van der Waals surface area contributed by atoms with Crippen LogP contribution in [0, 0.1) is 6.92 Å². The zero-order valence-corrected chi connectivity index (χ0v) is 9.50. The van der Waals surface area contributed by atoms with Crippen molar-refractivity contribution in [2.45, 2.75) is 26.3 Å². The monoisotopic (exact) mass is 222 g/mol. The van der Waals surface area contributed by atoms with Gasteiger partial charge in [-0.1, -0.05) is 0 Å². The van der Waals surface area contributed by atoms with Gasteiger partial charge in [-0.05, 0) is 25.8 Å². The van der Waals surface area contributed by atoms with Crippen LogP contribution in [-0.4, -0.2) is 27.6 Å². The van der Waals surface area contributed by atoms with Crippen molar-refractivity contribution >= 4 is 11.9 Å². The quantitative estimate of drug-likeness (QED) is 0.735. The Bertz CT molecular complexity index is 468. The Morgan fingerprint density at radius 3 is 2.75 bits per heavy atom. The van der Waals surface area contributed by atoms with Crippen LogP contribution in [0.5, 0.6) is 0 Å². The normalized spacial score (nSPS) is 19.2. The highest BCUT2D eigenvalue weighted by atomic mass is 16.4. The molecular weight excluding hydrogens is 208 g/mol. The standard InChI is InChI=1S/C11H14N2O3/c1-5-4-7-8(10(14)12-5)6(2)13(3)9(7)11(15)16/h5H,4H2,1-3H3,(H,12,14)(H,15,16). The Morgan fingerprint density at radius 1 is 1.56 bits per heavy atom. The van der Waals surface area contributed by atoms with E-state index in [2.05, 4.69) is 5.32 Å². The number of aromatic carboxylic acids is 1. The molecule has 2 N–H and O–H groups in total. The van der Waals surface area contributed by atoms with Crippen molar-refractivity contribution in [1.29, 1.82) is 0 Å². The van der Waals surface area contributed by atoms with Gasteiger partial charge in [-0.15, -0.1) is 0 Å². The van der Waals surface area contributed by atoms with Gasteiger partial charge in [-0.2, -0.15) is 0 Å². The highest BCUT2D eigenvalue weighted by Gasteiger charge is 2.31. The van der Waals surface area contributed by atoms with Gasteiger partial charge in [0.05, 0.1) is 5.56 Å². The molecular formula is C11H14N2O3. The van der Waals surface area contributed by atoms with Gasteiger partial charge in [0.15, 0.2) is 0 Å². The van der Waals surface area contributed by atoms with Crippen LogP contribution in [0.3, 0.4) is 0 Å². The molecule has 1 unspecified atom stereocenters. The minimum absolute atomic E-state index is 0.0140. The minimum atomic E-state index is -0.978. The number of rotatable bonds is 1. The molecule has 1 aromatic rings. The van der Waals surface area contributed by atoms with Crippen LogP contribution in [0.2, 0.25) is 0 Å². The first-order valence-electron chi connectivity index (χ1n) is 5.15. The fourth-order valence-corrected chi connectivity index (χ4v) is 2.30. The second-order valence-corrected chi connectivity index (χ2v) is 4.23. The number of carbonyl (C=O) groups excluding carboxylic acids is 1. The molecule has 0 saturated heterocycles. The van der Waals surface area contributed by atoms with E-state index in [1.165, 1.54) is 0 Å². The number of amides is 1. The molecule has 1 atom stereocenters. The molecule has 86 valence electrons. The van der Waals surface area contributed by atoms with Crippen LogP contribution in [0.4, 0.5) is 0 Å². The summed E-state index contributed by atoms with van der Waals surface area (Å²) in [7, 11) is 1.68. The molecule has 1 aliphatic rings. The predicted octanol–water partition coefficient (Wildman–Crippen LogP) is 0.706. The summed E-state index contributed by atoms with van der Waals surface area (Å²) in [4.78, 5) is 23.0. The Morgan fingerprint density at radius 2 is 2.19 bits per heavy atom. The summed E-state index contributed by atoms with van der Waals surface area (Å²) >= 11 is 0. The van der Waals surface area contributed by atoms with Gasteiger partial charge in [0.2, 0.25) is 0 Å². The van der Waals surface area contributed by atoms with Gasteiger partial charge in [0.1, 0.15) is 5.69 Å². The van der Waals surface area contributed by atoms with Crippen molar-refractivity contribution in [3.8, 4) is 0 Å². The topological polar surface area (TPSA) is 71.3 Å². The molecule has 2 rings (SSSR count). The number of aromatic nitrogens is 1. The molecule has 16 heavy (non-hydrogen) atoms. The van der Waals surface area contributed by atoms with Crippen molar-refractivity contribution in [1.82, 2.24) is 9.88 Å². The van der Waals surface area contributed by atoms with Crippen LogP contribution in [0.15, 0.2) is 0 Å². The van der Waals surface area contributed by atoms with Gasteiger partial charge >= 0.3 is 5.97 Å². The molecule has 2 heterocycles. The van der Waals surface area contributed by atoms with Crippen LogP contribution in [0.25, 0.3) is 0 Å². The van der Waals surface area contributed by atoms with E-state index in [4.69, 9.17) is 5.11 Å². The predicted molar refractivity (Wildman–Crippen MR) is 57.7 cm³/mol. The summed E-state index contributed by atoms with van der Waals surface area (Å²) in [5.74, 6) is -1.15. The van der Waals surface area contributed by atoms with Crippen LogP contribution in [-0.2, 0) is 13.5 Å². The highest BCUT2D eigenvalue weighted by molar-refractivity contribution is 6.02. The molecule has 1 aromatic heterocycles. The first-order valence-corrected chi connectivity index (χ1v) is 5.15. The number of hydrogen-bond acceptors (Lipinski definition) is 2. The van der Waals surface area contributed by atoms with Gasteiger partial charge in [-0.25, -0.2) is 4.79 Å². The van der Waals surface area contributed by atoms with Crippen LogP contribution < -0.4 is 5.32 Å². The molecule has 0 aliphatic carbocycles. The first-order chi connectivity index (χ1) is 7.43. The number of carboxylic acid groups (broad SMARTS) is 1. The average molecular weight is 222 g/mol. The van der Waals surface area contributed by atoms with E-state index >= 15 is 0 Å². The van der Waals surface area contributed by atoms with E-state index in [1.807, 2.05) is 6.92 Å². The fourth-order valence-electron chi connectivity index (χ4n) is 2.30. The lowest BCUT2D eigenvalue weighted by molar-refractivity contribution is 0.0685. The van der Waals surface area contributed by atoms with Crippen molar-refractivity contribution in [2.24, 2.45) is 7.05 Å². The lowest BCUT2D eigenvalue weighted by Gasteiger charge is -2.20. The van der Waals surface area contributed by atoms with Gasteiger partial charge in [0.25, 0.3) is 5.91 Å². The maximum Gasteiger partial charge on any atom is 0.352 e. The SMILES string of the molecule is Cc1c2c(c(C(=O)O)n1C)CC(C)NC2=O. The van der Waals surface area contributed by atoms with E-state index in [9.17, 15) is 9.59 Å². The summed E-state index contributed by atoms with van der Waals surface area (Å²) in [6, 6.07) is -0.0140. The Balaban J connectivity index is 2.71. The molecule has 1 amide bonds. The second-order valence-electron chi connectivity index (χ2n) is 4.23. The van der Waals surface area contributed by atoms with Crippen LogP contribution >= 0.6 is 0 Å². The molecule has 0 aromatic carbocycles. The number of nitrogens with one attached hydrogen (secondary N) is 1. The van der Waals surface area contributed by atoms with E-state index in [1.54, 1.807) is 18.5 Å². The van der Waals surface area contributed by atoms with Gasteiger partial charge in [-0.3, -0.25) is 4.79 Å². The van der Waals surface area contributed by atoms with Crippen molar-refractivity contribution < 1.29 is 14.7 Å². The summed E-state index contributed by atoms with van der Waals surface area (Å²) in [5.41, 5.74) is 2.12. The number of fused-ring (bicyclic) bond motifs is 1. The maximum atomic E-state index is 11.8. The largest absolute Gasteiger partial charge is 0.477 e. The minimum Gasteiger partial charge on any atom is -0.477 e. The third-order valence-electron chi connectivity index (χ3n) is 3.11. The Hall–Kier alpha value is -1.78. The Labute approximate surface area is 93.1 Å². The van der Waals surface area contributed by atoms with E-state index in [0.29, 0.717) is 23.2 Å². The number of nitrogens with zero attached hydrogens (tertiary/aromatic N) is 1. The smallest absolute Gasteiger partial charge is 0.352 e. The van der Waals surface area contributed by atoms with E-state index < -0.39 is 5.97 Å². The van der Waals surface area contributed by atoms with E-state index in [-0.39, 0.29) is 17.6 Å². The molecule has 0 spiro atoms. The lowest BCUT2D eigenvalue weighted by Crippen LogP contribution is -2.39. The molecule has 0 bridgehead atoms. The summed E-state index contributed by atoms with van der Waals surface area (Å²) in [6.45, 7) is 3.63. The van der Waals surface area contributed by atoms with E-state index in [0.717, 1.165) is 0 Å². The fraction of sp³-hybridized carbons (Fsp3) is 0.455. The molecule has 1 aliphatic heterocycles. The second kappa shape index (κ2) is 3.37. The molecule has 5 heteroatoms. The third-order valence-corrected chi connectivity index (χ3v) is 3.11. The zero-order chi connectivity index (χ0) is 12.0. The molecule has 0 fully saturated rings. The lowest BCUT2D eigenvalue weighted by atomic mass is 9.96. The first kappa shape index (κ1) is 10.7.